The van der Waals surface area contributed by atoms with Crippen LogP contribution in [0.3, 0.4) is 0 Å². The van der Waals surface area contributed by atoms with Crippen LogP contribution in [0, 0.1) is 5.92 Å². The van der Waals surface area contributed by atoms with Gasteiger partial charge in [-0.3, -0.25) is 0 Å². The molecule has 0 fully saturated rings. The molecule has 0 aromatic carbocycles. The van der Waals surface area contributed by atoms with Crippen LogP contribution in [0.25, 0.3) is 0 Å². The van der Waals surface area contributed by atoms with Crippen molar-refractivity contribution in [1.82, 2.24) is 14.9 Å². The van der Waals surface area contributed by atoms with Crippen LogP contribution in [0.2, 0.25) is 0 Å². The number of nitrogens with zero attached hydrogens (tertiary/aromatic N) is 2. The van der Waals surface area contributed by atoms with Crippen molar-refractivity contribution in [2.75, 3.05) is 6.54 Å². The third-order valence-electron chi connectivity index (χ3n) is 2.46. The van der Waals surface area contributed by atoms with Crippen LogP contribution in [0.5, 0.6) is 0 Å². The van der Waals surface area contributed by atoms with E-state index < -0.39 is 0 Å². The van der Waals surface area contributed by atoms with Gasteiger partial charge in [0, 0.05) is 18.9 Å². The topological polar surface area (TPSA) is 29.9 Å². The maximum atomic E-state index is 4.37. The van der Waals surface area contributed by atoms with E-state index in [-0.39, 0.29) is 0 Å². The highest BCUT2D eigenvalue weighted by molar-refractivity contribution is 4.91. The SMILES string of the molecule is CCCNCc1nccn1CCC(C)C. The van der Waals surface area contributed by atoms with E-state index in [0.717, 1.165) is 31.4 Å². The van der Waals surface area contributed by atoms with Crippen molar-refractivity contribution < 1.29 is 0 Å². The second-order valence-corrected chi connectivity index (χ2v) is 4.40. The summed E-state index contributed by atoms with van der Waals surface area (Å²) in [6, 6.07) is 0. The lowest BCUT2D eigenvalue weighted by molar-refractivity contribution is 0.497. The first-order chi connectivity index (χ1) is 7.24. The molecule has 3 heteroatoms. The van der Waals surface area contributed by atoms with Crippen LogP contribution in [-0.2, 0) is 13.1 Å². The first kappa shape index (κ1) is 12.2. The zero-order valence-electron chi connectivity index (χ0n) is 10.2. The quantitative estimate of drug-likeness (QED) is 0.699. The fourth-order valence-corrected chi connectivity index (χ4v) is 1.49. The average molecular weight is 209 g/mol. The molecule has 1 rings (SSSR count). The summed E-state index contributed by atoms with van der Waals surface area (Å²) in [6.07, 6.45) is 6.36. The molecular weight excluding hydrogens is 186 g/mol. The van der Waals surface area contributed by atoms with Gasteiger partial charge in [-0.15, -0.1) is 0 Å². The average Bonchev–Trinajstić information content (AvgIpc) is 2.63. The molecule has 0 radical (unpaired) electrons. The first-order valence-corrected chi connectivity index (χ1v) is 5.94. The second-order valence-electron chi connectivity index (χ2n) is 4.40. The minimum atomic E-state index is 0.754. The first-order valence-electron chi connectivity index (χ1n) is 5.94. The summed E-state index contributed by atoms with van der Waals surface area (Å²) >= 11 is 0. The van der Waals surface area contributed by atoms with Crippen LogP contribution >= 0.6 is 0 Å². The maximum absolute atomic E-state index is 4.37. The van der Waals surface area contributed by atoms with E-state index in [9.17, 15) is 0 Å². The fourth-order valence-electron chi connectivity index (χ4n) is 1.49. The van der Waals surface area contributed by atoms with Crippen molar-refractivity contribution in [2.45, 2.75) is 46.7 Å². The van der Waals surface area contributed by atoms with E-state index in [1.807, 2.05) is 6.20 Å². The van der Waals surface area contributed by atoms with Gasteiger partial charge in [0.2, 0.25) is 0 Å². The minimum absolute atomic E-state index is 0.754. The van der Waals surface area contributed by atoms with Crippen molar-refractivity contribution in [3.63, 3.8) is 0 Å². The van der Waals surface area contributed by atoms with Crippen LogP contribution in [0.15, 0.2) is 12.4 Å². The highest BCUT2D eigenvalue weighted by Gasteiger charge is 2.02. The Morgan fingerprint density at radius 3 is 2.93 bits per heavy atom. The fraction of sp³-hybridized carbons (Fsp3) is 0.750. The molecule has 0 saturated heterocycles. The second kappa shape index (κ2) is 6.62. The normalized spacial score (nSPS) is 11.2. The van der Waals surface area contributed by atoms with E-state index in [2.05, 4.69) is 41.8 Å². The Hall–Kier alpha value is -0.830. The van der Waals surface area contributed by atoms with Gasteiger partial charge < -0.3 is 9.88 Å². The van der Waals surface area contributed by atoms with Crippen LogP contribution in [0.4, 0.5) is 0 Å². The van der Waals surface area contributed by atoms with Gasteiger partial charge in [0.25, 0.3) is 0 Å². The monoisotopic (exact) mass is 209 g/mol. The summed E-state index contributed by atoms with van der Waals surface area (Å²) in [4.78, 5) is 4.37. The van der Waals surface area contributed by atoms with E-state index in [1.165, 1.54) is 12.8 Å². The van der Waals surface area contributed by atoms with Crippen molar-refractivity contribution in [2.24, 2.45) is 5.92 Å². The predicted molar refractivity (Wildman–Crippen MR) is 63.7 cm³/mol. The molecule has 86 valence electrons. The number of rotatable bonds is 7. The Morgan fingerprint density at radius 1 is 1.47 bits per heavy atom. The lowest BCUT2D eigenvalue weighted by atomic mass is 10.1. The number of aromatic nitrogens is 2. The predicted octanol–water partition coefficient (Wildman–Crippen LogP) is 2.43. The molecule has 0 spiro atoms. The van der Waals surface area contributed by atoms with Gasteiger partial charge in [-0.1, -0.05) is 20.8 Å². The maximum Gasteiger partial charge on any atom is 0.122 e. The van der Waals surface area contributed by atoms with Crippen molar-refractivity contribution in [3.8, 4) is 0 Å². The zero-order valence-corrected chi connectivity index (χ0v) is 10.2. The van der Waals surface area contributed by atoms with Crippen LogP contribution < -0.4 is 5.32 Å². The van der Waals surface area contributed by atoms with Gasteiger partial charge in [0.05, 0.1) is 6.54 Å². The highest BCUT2D eigenvalue weighted by atomic mass is 15.1. The molecule has 1 N–H and O–H groups in total. The summed E-state index contributed by atoms with van der Waals surface area (Å²) in [7, 11) is 0. The molecule has 3 nitrogen and oxygen atoms in total. The van der Waals surface area contributed by atoms with Crippen molar-refractivity contribution in [1.29, 1.82) is 0 Å². The van der Waals surface area contributed by atoms with Gasteiger partial charge >= 0.3 is 0 Å². The molecular formula is C12H23N3. The lowest BCUT2D eigenvalue weighted by Crippen LogP contribution is -2.18. The van der Waals surface area contributed by atoms with E-state index in [4.69, 9.17) is 0 Å². The molecule has 0 saturated carbocycles. The lowest BCUT2D eigenvalue weighted by Gasteiger charge is -2.09. The van der Waals surface area contributed by atoms with Crippen molar-refractivity contribution >= 4 is 0 Å². The molecule has 0 aliphatic heterocycles. The molecule has 0 unspecified atom stereocenters. The zero-order chi connectivity index (χ0) is 11.1. The Balaban J connectivity index is 2.39. The van der Waals surface area contributed by atoms with Gasteiger partial charge in [0.1, 0.15) is 5.82 Å². The Kier molecular flexibility index (Phi) is 5.40. The minimum Gasteiger partial charge on any atom is -0.334 e. The van der Waals surface area contributed by atoms with Crippen LogP contribution in [-0.4, -0.2) is 16.1 Å². The van der Waals surface area contributed by atoms with E-state index in [0.29, 0.717) is 0 Å². The van der Waals surface area contributed by atoms with Gasteiger partial charge in [0.15, 0.2) is 0 Å². The molecule has 1 aromatic rings. The third-order valence-corrected chi connectivity index (χ3v) is 2.46. The number of aryl methyl sites for hydroxylation is 1. The van der Waals surface area contributed by atoms with Gasteiger partial charge in [-0.2, -0.15) is 0 Å². The highest BCUT2D eigenvalue weighted by Crippen LogP contribution is 2.05. The number of imidazole rings is 1. The summed E-state index contributed by atoms with van der Waals surface area (Å²) in [5.74, 6) is 1.91. The van der Waals surface area contributed by atoms with Crippen LogP contribution in [0.1, 0.15) is 39.4 Å². The standard InChI is InChI=1S/C12H23N3/c1-4-6-13-10-12-14-7-9-15(12)8-5-11(2)3/h7,9,11,13H,4-6,8,10H2,1-3H3. The summed E-state index contributed by atoms with van der Waals surface area (Å²) in [6.45, 7) is 9.73. The molecule has 0 atom stereocenters. The largest absolute Gasteiger partial charge is 0.334 e. The van der Waals surface area contributed by atoms with Gasteiger partial charge in [-0.25, -0.2) is 4.98 Å². The number of hydrogen-bond acceptors (Lipinski definition) is 2. The number of nitrogens with one attached hydrogen (secondary N) is 1. The summed E-state index contributed by atoms with van der Waals surface area (Å²) < 4.78 is 2.25. The molecule has 15 heavy (non-hydrogen) atoms. The summed E-state index contributed by atoms with van der Waals surface area (Å²) in [5, 5.41) is 3.38. The van der Waals surface area contributed by atoms with Gasteiger partial charge in [-0.05, 0) is 25.3 Å². The summed E-state index contributed by atoms with van der Waals surface area (Å²) in [5.41, 5.74) is 0. The van der Waals surface area contributed by atoms with Crippen molar-refractivity contribution in [3.05, 3.63) is 18.2 Å². The number of hydrogen-bond donors (Lipinski definition) is 1. The molecule has 0 aliphatic carbocycles. The van der Waals surface area contributed by atoms with E-state index in [1.54, 1.807) is 0 Å². The Bertz CT molecular complexity index is 266. The molecule has 1 aromatic heterocycles. The Morgan fingerprint density at radius 2 is 2.27 bits per heavy atom. The molecule has 1 heterocycles. The Labute approximate surface area is 92.9 Å². The molecule has 0 aliphatic rings. The third kappa shape index (κ3) is 4.47. The smallest absolute Gasteiger partial charge is 0.122 e. The van der Waals surface area contributed by atoms with E-state index >= 15 is 0 Å². The molecule has 0 amide bonds. The molecule has 0 bridgehead atoms.